The van der Waals surface area contributed by atoms with Crippen molar-refractivity contribution in [3.05, 3.63) is 23.7 Å². The van der Waals surface area contributed by atoms with E-state index in [1.165, 1.54) is 37.0 Å². The molecular weight excluding hydrogens is 162 g/mol. The molecule has 0 bridgehead atoms. The number of fused-ring (bicyclic) bond motifs is 2. The van der Waals surface area contributed by atoms with Crippen LogP contribution in [0.5, 0.6) is 0 Å². The van der Waals surface area contributed by atoms with Gasteiger partial charge in [-0.25, -0.2) is 0 Å². The van der Waals surface area contributed by atoms with E-state index in [2.05, 4.69) is 11.4 Å². The smallest absolute Gasteiger partial charge is 0.114 e. The Morgan fingerprint density at radius 1 is 1.38 bits per heavy atom. The van der Waals surface area contributed by atoms with Crippen LogP contribution in [0.3, 0.4) is 0 Å². The van der Waals surface area contributed by atoms with Crippen LogP contribution in [0.1, 0.15) is 30.6 Å². The van der Waals surface area contributed by atoms with Gasteiger partial charge in [0.2, 0.25) is 0 Å². The summed E-state index contributed by atoms with van der Waals surface area (Å²) in [5.41, 5.74) is 1.81. The summed E-state index contributed by atoms with van der Waals surface area (Å²) in [4.78, 5) is 0. The average Bonchev–Trinajstić information content (AvgIpc) is 2.74. The number of hydrogen-bond acceptors (Lipinski definition) is 2. The minimum atomic E-state index is 0.358. The van der Waals surface area contributed by atoms with E-state index in [4.69, 9.17) is 4.42 Å². The Kier molecular flexibility index (Phi) is 1.53. The molecule has 1 aromatic heterocycles. The zero-order chi connectivity index (χ0) is 8.73. The molecule has 2 heteroatoms. The molecule has 2 nitrogen and oxygen atoms in total. The second kappa shape index (κ2) is 2.61. The van der Waals surface area contributed by atoms with Gasteiger partial charge in [0, 0.05) is 12.0 Å². The van der Waals surface area contributed by atoms with Gasteiger partial charge in [-0.15, -0.1) is 0 Å². The summed E-state index contributed by atoms with van der Waals surface area (Å²) < 4.78 is 5.65. The molecule has 0 saturated carbocycles. The Balaban J connectivity index is 2.08. The summed E-state index contributed by atoms with van der Waals surface area (Å²) in [5.74, 6) is 1.28. The van der Waals surface area contributed by atoms with Gasteiger partial charge in [-0.2, -0.15) is 0 Å². The summed E-state index contributed by atoms with van der Waals surface area (Å²) >= 11 is 0. The highest BCUT2D eigenvalue weighted by molar-refractivity contribution is 5.30. The number of furan rings is 1. The van der Waals surface area contributed by atoms with Gasteiger partial charge in [0.1, 0.15) is 5.76 Å². The molecule has 13 heavy (non-hydrogen) atoms. The van der Waals surface area contributed by atoms with Crippen LogP contribution in [0.25, 0.3) is 0 Å². The predicted molar refractivity (Wildman–Crippen MR) is 50.8 cm³/mol. The molecule has 3 rings (SSSR count). The van der Waals surface area contributed by atoms with E-state index >= 15 is 0 Å². The van der Waals surface area contributed by atoms with E-state index in [1.807, 2.05) is 6.26 Å². The molecule has 1 unspecified atom stereocenters. The Morgan fingerprint density at radius 3 is 3.23 bits per heavy atom. The molecule has 70 valence electrons. The van der Waals surface area contributed by atoms with Crippen LogP contribution in [0.4, 0.5) is 0 Å². The normalized spacial score (nSPS) is 32.3. The third kappa shape index (κ3) is 0.983. The SMILES string of the molecule is c1cc2c(o1)C1(CCC2)CCNC1. The van der Waals surface area contributed by atoms with Crippen molar-refractivity contribution in [3.8, 4) is 0 Å². The molecule has 0 radical (unpaired) electrons. The number of nitrogens with one attached hydrogen (secondary N) is 1. The predicted octanol–water partition coefficient (Wildman–Crippen LogP) is 1.85. The lowest BCUT2D eigenvalue weighted by atomic mass is 9.74. The summed E-state index contributed by atoms with van der Waals surface area (Å²) in [6.07, 6.45) is 6.96. The lowest BCUT2D eigenvalue weighted by molar-refractivity contribution is 0.309. The Labute approximate surface area is 78.3 Å². The standard InChI is InChI=1S/C11H15NO/c1-2-9-3-7-13-10(9)11(4-1)5-6-12-8-11/h3,7,12H,1-2,4-6,8H2. The molecule has 1 saturated heterocycles. The van der Waals surface area contributed by atoms with Crippen LogP contribution < -0.4 is 5.32 Å². The van der Waals surface area contributed by atoms with Crippen molar-refractivity contribution in [2.45, 2.75) is 31.1 Å². The van der Waals surface area contributed by atoms with Crippen LogP contribution in [0.15, 0.2) is 16.7 Å². The van der Waals surface area contributed by atoms with Crippen molar-refractivity contribution in [3.63, 3.8) is 0 Å². The second-order valence-corrected chi connectivity index (χ2v) is 4.34. The van der Waals surface area contributed by atoms with E-state index in [0.717, 1.165) is 13.1 Å². The third-order valence-electron chi connectivity index (χ3n) is 3.57. The zero-order valence-corrected chi connectivity index (χ0v) is 7.81. The Morgan fingerprint density at radius 2 is 2.38 bits per heavy atom. The molecule has 0 aromatic carbocycles. The molecule has 1 aliphatic heterocycles. The van der Waals surface area contributed by atoms with Crippen LogP contribution in [-0.2, 0) is 11.8 Å². The summed E-state index contributed by atoms with van der Waals surface area (Å²) in [6.45, 7) is 2.27. The van der Waals surface area contributed by atoms with Gasteiger partial charge in [0.05, 0.1) is 6.26 Å². The topological polar surface area (TPSA) is 25.2 Å². The van der Waals surface area contributed by atoms with Crippen LogP contribution in [-0.4, -0.2) is 13.1 Å². The summed E-state index contributed by atoms with van der Waals surface area (Å²) in [7, 11) is 0. The lowest BCUT2D eigenvalue weighted by Crippen LogP contribution is -2.32. The molecule has 1 aliphatic carbocycles. The molecule has 1 atom stereocenters. The maximum atomic E-state index is 5.65. The highest BCUT2D eigenvalue weighted by atomic mass is 16.3. The summed E-state index contributed by atoms with van der Waals surface area (Å²) in [5, 5.41) is 3.45. The Bertz CT molecular complexity index is 310. The van der Waals surface area contributed by atoms with Gasteiger partial charge in [-0.1, -0.05) is 0 Å². The number of aryl methyl sites for hydroxylation is 1. The molecule has 2 aliphatic rings. The van der Waals surface area contributed by atoms with E-state index < -0.39 is 0 Å². The maximum Gasteiger partial charge on any atom is 0.114 e. The van der Waals surface area contributed by atoms with Crippen molar-refractivity contribution in [1.82, 2.24) is 5.32 Å². The fraction of sp³-hybridized carbons (Fsp3) is 0.636. The van der Waals surface area contributed by atoms with Gasteiger partial charge in [-0.3, -0.25) is 0 Å². The van der Waals surface area contributed by atoms with Crippen LogP contribution in [0, 0.1) is 0 Å². The molecule has 1 N–H and O–H groups in total. The van der Waals surface area contributed by atoms with Gasteiger partial charge in [0.25, 0.3) is 0 Å². The highest BCUT2D eigenvalue weighted by Gasteiger charge is 2.41. The number of hydrogen-bond donors (Lipinski definition) is 1. The molecule has 1 fully saturated rings. The first-order valence-corrected chi connectivity index (χ1v) is 5.18. The first-order valence-electron chi connectivity index (χ1n) is 5.18. The monoisotopic (exact) mass is 177 g/mol. The van der Waals surface area contributed by atoms with Crippen molar-refractivity contribution in [2.75, 3.05) is 13.1 Å². The van der Waals surface area contributed by atoms with Crippen molar-refractivity contribution >= 4 is 0 Å². The third-order valence-corrected chi connectivity index (χ3v) is 3.57. The average molecular weight is 177 g/mol. The van der Waals surface area contributed by atoms with Crippen molar-refractivity contribution in [2.24, 2.45) is 0 Å². The Hall–Kier alpha value is -0.760. The first kappa shape index (κ1) is 7.63. The lowest BCUT2D eigenvalue weighted by Gasteiger charge is -2.30. The fourth-order valence-electron chi connectivity index (χ4n) is 2.88. The van der Waals surface area contributed by atoms with Gasteiger partial charge in [-0.05, 0) is 43.9 Å². The van der Waals surface area contributed by atoms with Crippen molar-refractivity contribution < 1.29 is 4.42 Å². The largest absolute Gasteiger partial charge is 0.468 e. The minimum Gasteiger partial charge on any atom is -0.468 e. The molecule has 1 spiro atoms. The molecule has 0 amide bonds. The zero-order valence-electron chi connectivity index (χ0n) is 7.81. The first-order chi connectivity index (χ1) is 6.41. The van der Waals surface area contributed by atoms with Crippen molar-refractivity contribution in [1.29, 1.82) is 0 Å². The second-order valence-electron chi connectivity index (χ2n) is 4.34. The van der Waals surface area contributed by atoms with Gasteiger partial charge >= 0.3 is 0 Å². The minimum absolute atomic E-state index is 0.358. The summed E-state index contributed by atoms with van der Waals surface area (Å²) in [6, 6.07) is 2.15. The fourth-order valence-corrected chi connectivity index (χ4v) is 2.88. The quantitative estimate of drug-likeness (QED) is 0.654. The van der Waals surface area contributed by atoms with E-state index in [0.29, 0.717) is 5.41 Å². The van der Waals surface area contributed by atoms with E-state index in [9.17, 15) is 0 Å². The molecule has 2 heterocycles. The maximum absolute atomic E-state index is 5.65. The number of rotatable bonds is 0. The van der Waals surface area contributed by atoms with E-state index in [-0.39, 0.29) is 0 Å². The highest BCUT2D eigenvalue weighted by Crippen LogP contribution is 2.41. The van der Waals surface area contributed by atoms with Crippen LogP contribution >= 0.6 is 0 Å². The van der Waals surface area contributed by atoms with Gasteiger partial charge < -0.3 is 9.73 Å². The van der Waals surface area contributed by atoms with E-state index in [1.54, 1.807) is 0 Å². The molecule has 1 aromatic rings. The molecular formula is C11H15NO. The van der Waals surface area contributed by atoms with Gasteiger partial charge in [0.15, 0.2) is 0 Å². The van der Waals surface area contributed by atoms with Crippen LogP contribution in [0.2, 0.25) is 0 Å².